The zero-order valence-corrected chi connectivity index (χ0v) is 10.7. The van der Waals surface area contributed by atoms with Crippen LogP contribution in [0.3, 0.4) is 0 Å². The monoisotopic (exact) mass is 248 g/mol. The van der Waals surface area contributed by atoms with E-state index in [2.05, 4.69) is 10.1 Å². The lowest BCUT2D eigenvalue weighted by Crippen LogP contribution is -2.30. The Hall–Kier alpha value is -2.11. The third kappa shape index (κ3) is 1.90. The maximum atomic E-state index is 12.3. The topological polar surface area (TPSA) is 70.5 Å². The molecule has 0 aromatic carbocycles. The van der Waals surface area contributed by atoms with E-state index in [9.17, 15) is 9.59 Å². The van der Waals surface area contributed by atoms with E-state index in [1.165, 1.54) is 16.8 Å². The van der Waals surface area contributed by atoms with Gasteiger partial charge in [0.2, 0.25) is 0 Å². The molecule has 0 saturated carbocycles. The third-order valence-corrected chi connectivity index (χ3v) is 2.91. The number of nitrogens with one attached hydrogen (secondary N) is 1. The van der Waals surface area contributed by atoms with E-state index in [4.69, 9.17) is 0 Å². The fourth-order valence-corrected chi connectivity index (χ4v) is 1.93. The van der Waals surface area contributed by atoms with Gasteiger partial charge in [-0.05, 0) is 20.8 Å². The number of fused-ring (bicyclic) bond motifs is 1. The van der Waals surface area contributed by atoms with Gasteiger partial charge in [0.25, 0.3) is 11.5 Å². The lowest BCUT2D eigenvalue weighted by Gasteiger charge is -2.17. The Labute approximate surface area is 104 Å². The molecule has 1 amide bonds. The van der Waals surface area contributed by atoms with Crippen LogP contribution in [0.4, 0.5) is 0 Å². The summed E-state index contributed by atoms with van der Waals surface area (Å²) in [6.07, 6.45) is 1.53. The van der Waals surface area contributed by atoms with E-state index in [-0.39, 0.29) is 11.5 Å². The molecule has 6 nitrogen and oxygen atoms in total. The normalized spacial score (nSPS) is 10.8. The van der Waals surface area contributed by atoms with Crippen LogP contribution in [0.5, 0.6) is 0 Å². The van der Waals surface area contributed by atoms with Crippen LogP contribution in [-0.2, 0) is 0 Å². The van der Waals surface area contributed by atoms with Crippen molar-refractivity contribution in [1.29, 1.82) is 0 Å². The highest BCUT2D eigenvalue weighted by atomic mass is 16.2. The fraction of sp³-hybridized carbons (Fsp3) is 0.417. The number of carbonyl (C=O) groups excluding carboxylic acids is 1. The highest BCUT2D eigenvalue weighted by molar-refractivity contribution is 5.99. The van der Waals surface area contributed by atoms with E-state index in [0.717, 1.165) is 0 Å². The predicted molar refractivity (Wildman–Crippen MR) is 67.8 cm³/mol. The van der Waals surface area contributed by atoms with Gasteiger partial charge >= 0.3 is 0 Å². The number of aromatic amines is 1. The molecule has 6 heteroatoms. The van der Waals surface area contributed by atoms with Crippen LogP contribution in [0.15, 0.2) is 17.1 Å². The molecule has 0 spiro atoms. The van der Waals surface area contributed by atoms with Crippen LogP contribution in [-0.4, -0.2) is 38.5 Å². The smallest absolute Gasteiger partial charge is 0.272 e. The molecule has 2 heterocycles. The van der Waals surface area contributed by atoms with Gasteiger partial charge in [0.15, 0.2) is 5.65 Å². The zero-order chi connectivity index (χ0) is 13.3. The molecule has 0 saturated heterocycles. The van der Waals surface area contributed by atoms with Crippen molar-refractivity contribution in [3.8, 4) is 0 Å². The second-order valence-electron chi connectivity index (χ2n) is 4.06. The first-order valence-corrected chi connectivity index (χ1v) is 5.95. The molecular formula is C12H16N4O2. The molecule has 0 aliphatic heterocycles. The van der Waals surface area contributed by atoms with Crippen molar-refractivity contribution in [2.75, 3.05) is 13.1 Å². The quantitative estimate of drug-likeness (QED) is 0.874. The minimum absolute atomic E-state index is 0.115. The van der Waals surface area contributed by atoms with Gasteiger partial charge in [-0.25, -0.2) is 9.50 Å². The van der Waals surface area contributed by atoms with Crippen molar-refractivity contribution in [3.05, 3.63) is 33.9 Å². The van der Waals surface area contributed by atoms with E-state index in [1.54, 1.807) is 11.8 Å². The molecule has 1 N–H and O–H groups in total. The highest BCUT2D eigenvalue weighted by Gasteiger charge is 2.18. The van der Waals surface area contributed by atoms with Crippen LogP contribution in [0.1, 0.15) is 29.9 Å². The van der Waals surface area contributed by atoms with E-state index >= 15 is 0 Å². The summed E-state index contributed by atoms with van der Waals surface area (Å²) in [4.78, 5) is 29.9. The number of hydrogen-bond acceptors (Lipinski definition) is 3. The first-order valence-electron chi connectivity index (χ1n) is 5.95. The Morgan fingerprint density at radius 3 is 2.72 bits per heavy atom. The van der Waals surface area contributed by atoms with Crippen LogP contribution >= 0.6 is 0 Å². The molecular weight excluding hydrogens is 232 g/mol. The molecule has 0 bridgehead atoms. The molecule has 0 unspecified atom stereocenters. The predicted octanol–water partition coefficient (Wildman–Crippen LogP) is 0.813. The minimum atomic E-state index is -0.212. The number of H-pyrrole nitrogens is 1. The van der Waals surface area contributed by atoms with Gasteiger partial charge in [-0.3, -0.25) is 14.7 Å². The molecule has 2 aromatic rings. The summed E-state index contributed by atoms with van der Waals surface area (Å²) < 4.78 is 1.28. The summed E-state index contributed by atoms with van der Waals surface area (Å²) in [5.41, 5.74) is 1.21. The van der Waals surface area contributed by atoms with Gasteiger partial charge in [0, 0.05) is 31.0 Å². The summed E-state index contributed by atoms with van der Waals surface area (Å²) in [6, 6.07) is 1.43. The molecule has 96 valence electrons. The number of aromatic nitrogens is 3. The Kier molecular flexibility index (Phi) is 3.18. The number of nitrogens with zero attached hydrogens (tertiary/aromatic N) is 3. The number of carbonyl (C=O) groups is 1. The maximum Gasteiger partial charge on any atom is 0.272 e. The van der Waals surface area contributed by atoms with E-state index in [0.29, 0.717) is 30.0 Å². The largest absolute Gasteiger partial charge is 0.339 e. The maximum absolute atomic E-state index is 12.3. The number of hydrogen-bond donors (Lipinski definition) is 1. The molecule has 18 heavy (non-hydrogen) atoms. The minimum Gasteiger partial charge on any atom is -0.339 e. The summed E-state index contributed by atoms with van der Waals surface area (Å²) in [7, 11) is 0. The van der Waals surface area contributed by atoms with Crippen LogP contribution in [0, 0.1) is 6.92 Å². The average Bonchev–Trinajstić information content (AvgIpc) is 2.74. The van der Waals surface area contributed by atoms with Crippen molar-refractivity contribution in [1.82, 2.24) is 19.5 Å². The third-order valence-electron chi connectivity index (χ3n) is 2.91. The lowest BCUT2D eigenvalue weighted by molar-refractivity contribution is 0.0774. The van der Waals surface area contributed by atoms with Crippen LogP contribution in [0.25, 0.3) is 5.65 Å². The van der Waals surface area contributed by atoms with Crippen LogP contribution in [0.2, 0.25) is 0 Å². The van der Waals surface area contributed by atoms with Crippen molar-refractivity contribution in [2.45, 2.75) is 20.8 Å². The standard InChI is InChI=1S/C12H16N4O2/c1-4-15(5-2)12(18)9-7-13-16-10(17)6-8(3)14-11(9)16/h6-7,13H,4-5H2,1-3H3. The SMILES string of the molecule is CCN(CC)C(=O)c1c[nH]n2c(=O)cc(C)nc12. The molecule has 0 fully saturated rings. The molecule has 2 aromatic heterocycles. The first-order chi connectivity index (χ1) is 8.58. The Bertz CT molecular complexity index is 637. The average molecular weight is 248 g/mol. The first kappa shape index (κ1) is 12.3. The van der Waals surface area contributed by atoms with Gasteiger partial charge in [0.05, 0.1) is 0 Å². The number of amides is 1. The molecule has 0 aliphatic carbocycles. The Balaban J connectivity index is 2.59. The summed E-state index contributed by atoms with van der Waals surface area (Å²) >= 11 is 0. The van der Waals surface area contributed by atoms with Crippen molar-refractivity contribution >= 4 is 11.6 Å². The second kappa shape index (κ2) is 4.64. The molecule has 0 atom stereocenters. The summed E-state index contributed by atoms with van der Waals surface area (Å²) in [5.74, 6) is -0.115. The van der Waals surface area contributed by atoms with Gasteiger partial charge in [-0.2, -0.15) is 0 Å². The fourth-order valence-electron chi connectivity index (χ4n) is 1.93. The van der Waals surface area contributed by atoms with E-state index in [1.807, 2.05) is 13.8 Å². The van der Waals surface area contributed by atoms with Gasteiger partial charge in [0.1, 0.15) is 5.56 Å². The zero-order valence-electron chi connectivity index (χ0n) is 10.7. The molecule has 0 aliphatic rings. The van der Waals surface area contributed by atoms with Crippen LogP contribution < -0.4 is 5.56 Å². The lowest BCUT2D eigenvalue weighted by atomic mass is 10.3. The van der Waals surface area contributed by atoms with Gasteiger partial charge in [-0.15, -0.1) is 0 Å². The molecule has 0 radical (unpaired) electrons. The van der Waals surface area contributed by atoms with Crippen molar-refractivity contribution < 1.29 is 4.79 Å². The number of aryl methyl sites for hydroxylation is 1. The molecule has 2 rings (SSSR count). The van der Waals surface area contributed by atoms with Crippen molar-refractivity contribution in [3.63, 3.8) is 0 Å². The summed E-state index contributed by atoms with van der Waals surface area (Å²) in [6.45, 7) is 6.83. The summed E-state index contributed by atoms with van der Waals surface area (Å²) in [5, 5.41) is 2.76. The highest BCUT2D eigenvalue weighted by Crippen LogP contribution is 2.10. The number of rotatable bonds is 3. The van der Waals surface area contributed by atoms with Crippen molar-refractivity contribution in [2.24, 2.45) is 0 Å². The van der Waals surface area contributed by atoms with Gasteiger partial charge in [-0.1, -0.05) is 0 Å². The van der Waals surface area contributed by atoms with Gasteiger partial charge < -0.3 is 4.90 Å². The Morgan fingerprint density at radius 1 is 1.44 bits per heavy atom. The second-order valence-corrected chi connectivity index (χ2v) is 4.06. The Morgan fingerprint density at radius 2 is 2.11 bits per heavy atom. The van der Waals surface area contributed by atoms with E-state index < -0.39 is 0 Å².